The van der Waals surface area contributed by atoms with E-state index in [0.29, 0.717) is 15.8 Å². The smallest absolute Gasteiger partial charge is 0.0876 e. The van der Waals surface area contributed by atoms with Gasteiger partial charge in [0.1, 0.15) is 0 Å². The molecule has 3 unspecified atom stereocenters. The van der Waals surface area contributed by atoms with Crippen molar-refractivity contribution in [3.63, 3.8) is 0 Å². The van der Waals surface area contributed by atoms with Gasteiger partial charge >= 0.3 is 0 Å². The molecule has 3 rings (SSSR count). The van der Waals surface area contributed by atoms with Crippen molar-refractivity contribution in [2.45, 2.75) is 66.7 Å². The molecule has 3 aliphatic rings. The molecule has 0 aromatic heterocycles. The summed E-state index contributed by atoms with van der Waals surface area (Å²) in [5.74, 6) is 2.52. The molecule has 0 spiro atoms. The van der Waals surface area contributed by atoms with E-state index < -0.39 is 0 Å². The molecule has 0 saturated carbocycles. The van der Waals surface area contributed by atoms with Gasteiger partial charge in [-0.1, -0.05) is 50.8 Å². The van der Waals surface area contributed by atoms with Crippen molar-refractivity contribution in [3.8, 4) is 12.3 Å². The zero-order valence-corrected chi connectivity index (χ0v) is 14.3. The summed E-state index contributed by atoms with van der Waals surface area (Å²) in [6.45, 7) is 2.18. The van der Waals surface area contributed by atoms with Gasteiger partial charge in [0, 0.05) is 16.1 Å². The Morgan fingerprint density at radius 1 is 1.37 bits per heavy atom. The van der Waals surface area contributed by atoms with Gasteiger partial charge in [0.25, 0.3) is 0 Å². The van der Waals surface area contributed by atoms with E-state index in [9.17, 15) is 0 Å². The second-order valence-corrected chi connectivity index (χ2v) is 7.49. The monoisotopic (exact) mass is 390 g/mol. The second kappa shape index (κ2) is 7.26. The maximum absolute atomic E-state index is 6.29. The summed E-state index contributed by atoms with van der Waals surface area (Å²) >= 11 is 7.46. The number of halogens is 2. The zero-order valence-electron chi connectivity index (χ0n) is 11.1. The number of hydrogen-bond donors (Lipinski definition) is 0. The summed E-state index contributed by atoms with van der Waals surface area (Å²) in [6.07, 6.45) is 13.8. The average molecular weight is 392 g/mol. The van der Waals surface area contributed by atoms with Crippen LogP contribution in [0.4, 0.5) is 0 Å². The lowest BCUT2D eigenvalue weighted by Crippen LogP contribution is -2.55. The summed E-state index contributed by atoms with van der Waals surface area (Å²) in [5, 5.41) is 0. The number of rotatable bonds is 4. The highest BCUT2D eigenvalue weighted by atomic mass is 79.9. The predicted molar refractivity (Wildman–Crippen MR) is 84.9 cm³/mol. The topological polar surface area (TPSA) is 18.5 Å². The molecule has 19 heavy (non-hydrogen) atoms. The molecule has 3 aliphatic heterocycles. The maximum Gasteiger partial charge on any atom is 0.0876 e. The van der Waals surface area contributed by atoms with Crippen LogP contribution in [-0.4, -0.2) is 34.1 Å². The Balaban J connectivity index is 2.02. The Labute approximate surface area is 132 Å². The SMILES string of the molecule is C#C/C=C\C[C@@H]1O[C@@H](C(Br)CC)C[C@@H](Br)C2CC1O2. The maximum atomic E-state index is 6.29. The van der Waals surface area contributed by atoms with E-state index in [1.165, 1.54) is 0 Å². The first-order chi connectivity index (χ1) is 9.15. The molecule has 3 saturated heterocycles. The number of allylic oxidation sites excluding steroid dienone is 1. The number of ether oxygens (including phenoxy) is 2. The minimum atomic E-state index is 0.123. The Kier molecular flexibility index (Phi) is 5.95. The van der Waals surface area contributed by atoms with Crippen molar-refractivity contribution in [2.75, 3.05) is 0 Å². The minimum Gasteiger partial charge on any atom is -0.371 e. The van der Waals surface area contributed by atoms with Crippen LogP contribution in [0.15, 0.2) is 12.2 Å². The van der Waals surface area contributed by atoms with Gasteiger partial charge < -0.3 is 9.47 Å². The lowest BCUT2D eigenvalue weighted by atomic mass is 9.90. The highest BCUT2D eigenvalue weighted by molar-refractivity contribution is 9.09. The Morgan fingerprint density at radius 2 is 2.11 bits per heavy atom. The summed E-state index contributed by atoms with van der Waals surface area (Å²) in [6, 6.07) is 0. The van der Waals surface area contributed by atoms with Crippen LogP contribution >= 0.6 is 31.9 Å². The van der Waals surface area contributed by atoms with Crippen molar-refractivity contribution >= 4 is 31.9 Å². The van der Waals surface area contributed by atoms with Crippen LogP contribution in [0.2, 0.25) is 0 Å². The van der Waals surface area contributed by atoms with Crippen molar-refractivity contribution in [1.29, 1.82) is 0 Å². The molecule has 106 valence electrons. The normalized spacial score (nSPS) is 40.0. The first-order valence-electron chi connectivity index (χ1n) is 6.85. The van der Waals surface area contributed by atoms with Crippen LogP contribution in [-0.2, 0) is 9.47 Å². The lowest BCUT2D eigenvalue weighted by Gasteiger charge is -2.47. The molecule has 0 N–H and O–H groups in total. The minimum absolute atomic E-state index is 0.123. The molecule has 0 aromatic rings. The molecule has 4 heteroatoms. The molecule has 2 nitrogen and oxygen atoms in total. The Morgan fingerprint density at radius 3 is 2.74 bits per heavy atom. The van der Waals surface area contributed by atoms with Crippen LogP contribution < -0.4 is 0 Å². The molecular formula is C15H20Br2O2. The second-order valence-electron chi connectivity index (χ2n) is 5.14. The van der Waals surface area contributed by atoms with Crippen molar-refractivity contribution in [2.24, 2.45) is 0 Å². The van der Waals surface area contributed by atoms with Crippen molar-refractivity contribution in [3.05, 3.63) is 12.2 Å². The van der Waals surface area contributed by atoms with Gasteiger partial charge in [-0.15, -0.1) is 6.42 Å². The first kappa shape index (κ1) is 15.6. The highest BCUT2D eigenvalue weighted by Gasteiger charge is 2.44. The van der Waals surface area contributed by atoms with Gasteiger partial charge in [-0.2, -0.15) is 0 Å². The van der Waals surface area contributed by atoms with Gasteiger partial charge in [-0.05, 0) is 25.3 Å². The summed E-state index contributed by atoms with van der Waals surface area (Å²) in [7, 11) is 0. The largest absolute Gasteiger partial charge is 0.371 e. The molecule has 0 aromatic carbocycles. The van der Waals surface area contributed by atoms with Gasteiger partial charge in [-0.25, -0.2) is 0 Å². The molecule has 3 heterocycles. The summed E-state index contributed by atoms with van der Waals surface area (Å²) in [4.78, 5) is 0.784. The lowest BCUT2D eigenvalue weighted by molar-refractivity contribution is -0.213. The predicted octanol–water partition coefficient (Wildman–Crippen LogP) is 3.82. The van der Waals surface area contributed by atoms with Gasteiger partial charge in [0.05, 0.1) is 24.4 Å². The molecule has 2 bridgehead atoms. The van der Waals surface area contributed by atoms with E-state index >= 15 is 0 Å². The fourth-order valence-corrected chi connectivity index (χ4v) is 3.68. The van der Waals surface area contributed by atoms with E-state index in [1.54, 1.807) is 6.08 Å². The van der Waals surface area contributed by atoms with E-state index in [2.05, 4.69) is 44.7 Å². The van der Waals surface area contributed by atoms with Gasteiger partial charge in [0.15, 0.2) is 0 Å². The standard InChI is InChI=1S/C15H20Br2O2/c1-3-5-6-7-12-15-9-14(19-15)11(17)8-13(18-12)10(16)4-2/h1,5-6,10-15H,4,7-9H2,2H3/b6-5-/t10?,11-,12+,13-,14?,15?/m1/s1. The van der Waals surface area contributed by atoms with Crippen molar-refractivity contribution < 1.29 is 9.47 Å². The van der Waals surface area contributed by atoms with E-state index in [0.717, 1.165) is 25.7 Å². The average Bonchev–Trinajstić information content (AvgIpc) is 2.32. The van der Waals surface area contributed by atoms with Crippen LogP contribution in [0.3, 0.4) is 0 Å². The molecular weight excluding hydrogens is 372 g/mol. The third-order valence-corrected chi connectivity index (χ3v) is 6.02. The molecule has 6 atom stereocenters. The quantitative estimate of drug-likeness (QED) is 0.535. The van der Waals surface area contributed by atoms with Crippen LogP contribution in [0.25, 0.3) is 0 Å². The number of alkyl halides is 2. The Hall–Kier alpha value is 0.180. The van der Waals surface area contributed by atoms with E-state index in [4.69, 9.17) is 15.9 Å². The van der Waals surface area contributed by atoms with Gasteiger partial charge in [-0.3, -0.25) is 0 Å². The third-order valence-electron chi connectivity index (χ3n) is 3.82. The molecule has 3 fully saturated rings. The van der Waals surface area contributed by atoms with Crippen LogP contribution in [0.5, 0.6) is 0 Å². The van der Waals surface area contributed by atoms with Crippen LogP contribution in [0.1, 0.15) is 32.6 Å². The molecule has 0 radical (unpaired) electrons. The number of hydrogen-bond acceptors (Lipinski definition) is 2. The fourth-order valence-electron chi connectivity index (χ4n) is 2.63. The van der Waals surface area contributed by atoms with E-state index in [1.807, 2.05) is 6.08 Å². The summed E-state index contributed by atoms with van der Waals surface area (Å²) < 4.78 is 12.2. The molecule has 0 aliphatic carbocycles. The number of terminal acetylenes is 1. The highest BCUT2D eigenvalue weighted by Crippen LogP contribution is 2.39. The third kappa shape index (κ3) is 3.85. The summed E-state index contributed by atoms with van der Waals surface area (Å²) in [5.41, 5.74) is 0. The van der Waals surface area contributed by atoms with E-state index in [-0.39, 0.29) is 18.3 Å². The molecule has 0 amide bonds. The van der Waals surface area contributed by atoms with Crippen LogP contribution in [0, 0.1) is 12.3 Å². The zero-order chi connectivity index (χ0) is 13.8. The fraction of sp³-hybridized carbons (Fsp3) is 0.733. The number of fused-ring (bicyclic) bond motifs is 4. The Bertz CT molecular complexity index is 358. The van der Waals surface area contributed by atoms with Gasteiger partial charge in [0.2, 0.25) is 0 Å². The first-order valence-corrected chi connectivity index (χ1v) is 8.69. The van der Waals surface area contributed by atoms with Crippen molar-refractivity contribution in [1.82, 2.24) is 0 Å².